The van der Waals surface area contributed by atoms with Crippen LogP contribution in [0.4, 0.5) is 8.78 Å². The zero-order chi connectivity index (χ0) is 27.1. The molecule has 3 aromatic carbocycles. The van der Waals surface area contributed by atoms with Crippen molar-refractivity contribution in [3.63, 3.8) is 0 Å². The maximum absolute atomic E-state index is 12.3. The van der Waals surface area contributed by atoms with Crippen LogP contribution >= 0.6 is 0 Å². The summed E-state index contributed by atoms with van der Waals surface area (Å²) in [5.41, 5.74) is 8.82. The lowest BCUT2D eigenvalue weighted by Gasteiger charge is -2.17. The zero-order valence-electron chi connectivity index (χ0n) is 21.8. The Morgan fingerprint density at radius 2 is 1.67 bits per heavy atom. The number of aryl methyl sites for hydroxylation is 2. The predicted octanol–water partition coefficient (Wildman–Crippen LogP) is 8.37. The number of nitriles is 1. The quantitative estimate of drug-likeness (QED) is 0.342. The summed E-state index contributed by atoms with van der Waals surface area (Å²) in [4.78, 5) is 11.9. The van der Waals surface area contributed by atoms with Crippen molar-refractivity contribution in [1.82, 2.24) is 0 Å². The van der Waals surface area contributed by atoms with Crippen LogP contribution in [-0.4, -0.2) is 5.91 Å². The highest BCUT2D eigenvalue weighted by atomic mass is 19.1. The minimum atomic E-state index is -0.530. The number of amides is 1. The van der Waals surface area contributed by atoms with Crippen molar-refractivity contribution in [3.8, 4) is 17.6 Å². The van der Waals surface area contributed by atoms with Crippen LogP contribution in [0.2, 0.25) is 0 Å². The molecule has 4 nitrogen and oxygen atoms in total. The van der Waals surface area contributed by atoms with Gasteiger partial charge >= 0.3 is 0 Å². The lowest BCUT2D eigenvalue weighted by Crippen LogP contribution is -2.13. The van der Waals surface area contributed by atoms with Crippen molar-refractivity contribution in [2.45, 2.75) is 66.2 Å². The van der Waals surface area contributed by atoms with Gasteiger partial charge in [-0.15, -0.1) is 0 Å². The number of ether oxygens (including phenoxy) is 1. The molecule has 0 aliphatic carbocycles. The fourth-order valence-electron chi connectivity index (χ4n) is 3.44. The second-order valence-electron chi connectivity index (χ2n) is 8.40. The van der Waals surface area contributed by atoms with E-state index in [1.54, 1.807) is 13.0 Å². The highest BCUT2D eigenvalue weighted by Crippen LogP contribution is 2.32. The zero-order valence-corrected chi connectivity index (χ0v) is 21.8. The monoisotopic (exact) mass is 494 g/mol. The first-order valence-electron chi connectivity index (χ1n) is 12.1. The van der Waals surface area contributed by atoms with Crippen LogP contribution in [0.15, 0.2) is 60.7 Å². The molecule has 36 heavy (non-hydrogen) atoms. The molecule has 1 atom stereocenters. The first kappa shape index (κ1) is 30.3. The fraction of sp³-hybridized carbons (Fsp3) is 0.333. The summed E-state index contributed by atoms with van der Waals surface area (Å²) in [7, 11) is 0. The fourth-order valence-corrected chi connectivity index (χ4v) is 3.44. The van der Waals surface area contributed by atoms with Crippen LogP contribution in [0.3, 0.4) is 0 Å². The Balaban J connectivity index is 0.000000446. The summed E-state index contributed by atoms with van der Waals surface area (Å²) in [6, 6.07) is 18.8. The van der Waals surface area contributed by atoms with Crippen molar-refractivity contribution in [1.29, 1.82) is 5.26 Å². The number of carbonyl (C=O) groups is 1. The van der Waals surface area contributed by atoms with Gasteiger partial charge in [-0.05, 0) is 74.1 Å². The summed E-state index contributed by atoms with van der Waals surface area (Å²) in [5.74, 6) is 0.197. The third kappa shape index (κ3) is 10.3. The van der Waals surface area contributed by atoms with E-state index in [0.29, 0.717) is 28.5 Å². The summed E-state index contributed by atoms with van der Waals surface area (Å²) < 4.78 is 30.3. The molecule has 1 unspecified atom stereocenters. The molecule has 3 rings (SSSR count). The first-order chi connectivity index (χ1) is 17.2. The summed E-state index contributed by atoms with van der Waals surface area (Å²) in [5, 5.41) is 7.32. The third-order valence-corrected chi connectivity index (χ3v) is 5.52. The van der Waals surface area contributed by atoms with Gasteiger partial charge in [0.05, 0.1) is 11.6 Å². The van der Waals surface area contributed by atoms with E-state index < -0.39 is 17.5 Å². The number of carbonyl (C=O) groups excluding carboxylic acids is 1. The van der Waals surface area contributed by atoms with Crippen molar-refractivity contribution in [2.24, 2.45) is 5.73 Å². The molecule has 192 valence electrons. The highest BCUT2D eigenvalue weighted by molar-refractivity contribution is 5.96. The van der Waals surface area contributed by atoms with E-state index in [1.807, 2.05) is 43.3 Å². The molecule has 0 bridgehead atoms. The summed E-state index contributed by atoms with van der Waals surface area (Å²) >= 11 is 0. The minimum Gasteiger partial charge on any atom is -0.457 e. The van der Waals surface area contributed by atoms with Gasteiger partial charge in [0.15, 0.2) is 0 Å². The number of unbranched alkanes of at least 4 members (excludes halogenated alkanes) is 1. The number of rotatable bonds is 8. The molecule has 3 aromatic rings. The molecule has 0 fully saturated rings. The molecule has 6 heteroatoms. The molecule has 0 aliphatic rings. The van der Waals surface area contributed by atoms with Gasteiger partial charge in [-0.1, -0.05) is 56.5 Å². The van der Waals surface area contributed by atoms with Gasteiger partial charge < -0.3 is 10.5 Å². The Kier molecular flexibility index (Phi) is 13.5. The average molecular weight is 495 g/mol. The second-order valence-corrected chi connectivity index (χ2v) is 8.40. The molecule has 0 heterocycles. The van der Waals surface area contributed by atoms with Gasteiger partial charge in [0.25, 0.3) is 5.91 Å². The van der Waals surface area contributed by atoms with Crippen LogP contribution in [0, 0.1) is 36.8 Å². The van der Waals surface area contributed by atoms with Gasteiger partial charge in [0.1, 0.15) is 23.1 Å². The van der Waals surface area contributed by atoms with E-state index in [9.17, 15) is 13.6 Å². The van der Waals surface area contributed by atoms with E-state index in [4.69, 9.17) is 15.7 Å². The lowest BCUT2D eigenvalue weighted by molar-refractivity contribution is 0.0998. The molecule has 0 spiro atoms. The third-order valence-electron chi connectivity index (χ3n) is 5.52. The van der Waals surface area contributed by atoms with E-state index in [-0.39, 0.29) is 0 Å². The average Bonchev–Trinajstić information content (AvgIpc) is 2.85. The Labute approximate surface area is 213 Å². The molecular weight excluding hydrogens is 458 g/mol. The first-order valence-corrected chi connectivity index (χ1v) is 12.1. The van der Waals surface area contributed by atoms with Crippen molar-refractivity contribution in [2.75, 3.05) is 0 Å². The maximum Gasteiger partial charge on any atom is 0.252 e. The summed E-state index contributed by atoms with van der Waals surface area (Å²) in [6.45, 7) is 9.42. The van der Waals surface area contributed by atoms with Crippen LogP contribution in [0.1, 0.15) is 79.4 Å². The van der Waals surface area contributed by atoms with E-state index in [0.717, 1.165) is 30.0 Å². The van der Waals surface area contributed by atoms with Gasteiger partial charge in [-0.3, -0.25) is 4.79 Å². The van der Waals surface area contributed by atoms with Crippen LogP contribution in [0.25, 0.3) is 0 Å². The second kappa shape index (κ2) is 16.0. The van der Waals surface area contributed by atoms with Crippen molar-refractivity contribution >= 4 is 5.91 Å². The normalized spacial score (nSPS) is 10.6. The molecule has 1 amide bonds. The Morgan fingerprint density at radius 3 is 2.17 bits per heavy atom. The van der Waals surface area contributed by atoms with Crippen molar-refractivity contribution in [3.05, 3.63) is 94.6 Å². The Hall–Kier alpha value is -3.72. The number of hydrogen-bond acceptors (Lipinski definition) is 3. The molecular formula is C30H36F2N2O2. The number of nitrogens with two attached hydrogens (primary N) is 1. The smallest absolute Gasteiger partial charge is 0.252 e. The Bertz CT molecular complexity index is 1140. The van der Waals surface area contributed by atoms with E-state index in [1.165, 1.54) is 31.9 Å². The topological polar surface area (TPSA) is 76.1 Å². The Morgan fingerprint density at radius 1 is 1.03 bits per heavy atom. The molecule has 0 radical (unpaired) electrons. The van der Waals surface area contributed by atoms with Crippen LogP contribution in [-0.2, 0) is 0 Å². The SMILES string of the molecule is CC#N.CCCCC(CC)c1ccc(Oc2ccc(C)cc2)c(C(N)=O)c1.Cc1ccc(F)cc1F. The van der Waals surface area contributed by atoms with Gasteiger partial charge in [-0.25, -0.2) is 8.78 Å². The van der Waals surface area contributed by atoms with Gasteiger partial charge in [-0.2, -0.15) is 5.26 Å². The predicted molar refractivity (Wildman–Crippen MR) is 141 cm³/mol. The van der Waals surface area contributed by atoms with Gasteiger partial charge in [0.2, 0.25) is 0 Å². The molecule has 0 aliphatic heterocycles. The molecule has 2 N–H and O–H groups in total. The van der Waals surface area contributed by atoms with Crippen LogP contribution < -0.4 is 10.5 Å². The number of halogens is 2. The maximum atomic E-state index is 12.3. The number of nitrogens with zero attached hydrogens (tertiary/aromatic N) is 1. The standard InChI is InChI=1S/C21H27NO2.C7H6F2.C2H3N/c1-4-6-7-16(5-2)17-10-13-20(19(14-17)21(22)23)24-18-11-8-15(3)9-12-18;1-5-2-3-6(8)4-7(5)9;1-2-3/h8-14,16H,4-7H2,1-3H3,(H2,22,23);2-4H,1H3;1H3. The number of primary amides is 1. The van der Waals surface area contributed by atoms with E-state index in [2.05, 4.69) is 19.9 Å². The highest BCUT2D eigenvalue weighted by Gasteiger charge is 2.16. The lowest BCUT2D eigenvalue weighted by atomic mass is 9.90. The van der Waals surface area contributed by atoms with Crippen LogP contribution in [0.5, 0.6) is 11.5 Å². The summed E-state index contributed by atoms with van der Waals surface area (Å²) in [6.07, 6.45) is 4.54. The van der Waals surface area contributed by atoms with Crippen molar-refractivity contribution < 1.29 is 18.3 Å². The number of benzene rings is 3. The van der Waals surface area contributed by atoms with E-state index >= 15 is 0 Å². The molecule has 0 saturated carbocycles. The largest absolute Gasteiger partial charge is 0.457 e. The molecule has 0 aromatic heterocycles. The van der Waals surface area contributed by atoms with Gasteiger partial charge in [0, 0.05) is 13.0 Å². The molecule has 0 saturated heterocycles. The minimum absolute atomic E-state index is 0.447. The number of hydrogen-bond donors (Lipinski definition) is 1.